The van der Waals surface area contributed by atoms with E-state index in [9.17, 15) is 4.79 Å². The van der Waals surface area contributed by atoms with Crippen molar-refractivity contribution >= 4 is 17.2 Å². The highest BCUT2D eigenvalue weighted by Crippen LogP contribution is 2.27. The number of nitrogens with one attached hydrogen (secondary N) is 1. The molecule has 0 fully saturated rings. The van der Waals surface area contributed by atoms with Gasteiger partial charge in [0.15, 0.2) is 5.82 Å². The number of nitrogens with zero attached hydrogens (tertiary/aromatic N) is 5. The Kier molecular flexibility index (Phi) is 6.55. The molecule has 1 atom stereocenters. The van der Waals surface area contributed by atoms with E-state index < -0.39 is 0 Å². The van der Waals surface area contributed by atoms with E-state index in [0.29, 0.717) is 5.56 Å². The van der Waals surface area contributed by atoms with E-state index in [1.807, 2.05) is 24.4 Å². The number of aromatic nitrogens is 4. The summed E-state index contributed by atoms with van der Waals surface area (Å²) < 4.78 is 7.24. The highest BCUT2D eigenvalue weighted by molar-refractivity contribution is 7.15. The third-order valence-electron chi connectivity index (χ3n) is 6.12. The first-order chi connectivity index (χ1) is 16.6. The maximum atomic E-state index is 12.7. The Morgan fingerprint density at radius 2 is 2.00 bits per heavy atom. The minimum atomic E-state index is -0.231. The van der Waals surface area contributed by atoms with Gasteiger partial charge in [0.25, 0.3) is 5.91 Å². The zero-order valence-electron chi connectivity index (χ0n) is 19.3. The quantitative estimate of drug-likeness (QED) is 0.430. The van der Waals surface area contributed by atoms with Crippen LogP contribution in [0.5, 0.6) is 0 Å². The molecule has 0 saturated heterocycles. The topological polar surface area (TPSA) is 89.1 Å². The number of carbonyl (C=O) groups excluding carboxylic acids is 1. The predicted octanol–water partition coefficient (Wildman–Crippen LogP) is 4.18. The minimum absolute atomic E-state index is 0.164. The molecule has 9 heteroatoms. The van der Waals surface area contributed by atoms with Crippen LogP contribution in [0.4, 0.5) is 0 Å². The van der Waals surface area contributed by atoms with Crippen molar-refractivity contribution in [3.05, 3.63) is 77.2 Å². The van der Waals surface area contributed by atoms with Crippen molar-refractivity contribution < 1.29 is 9.21 Å². The van der Waals surface area contributed by atoms with Gasteiger partial charge in [-0.25, -0.2) is 4.98 Å². The van der Waals surface area contributed by atoms with Crippen LogP contribution in [0.3, 0.4) is 0 Å². The average Bonchev–Trinajstić information content (AvgIpc) is 3.59. The summed E-state index contributed by atoms with van der Waals surface area (Å²) in [7, 11) is 0. The lowest BCUT2D eigenvalue weighted by molar-refractivity contribution is 0.0921. The molecule has 1 aromatic carbocycles. The summed E-state index contributed by atoms with van der Waals surface area (Å²) in [6.45, 7) is 7.61. The maximum absolute atomic E-state index is 12.7. The number of thiazole rings is 1. The fraction of sp³-hybridized carbons (Fsp3) is 0.360. The van der Waals surface area contributed by atoms with Gasteiger partial charge >= 0.3 is 0 Å². The van der Waals surface area contributed by atoms with Gasteiger partial charge in [-0.2, -0.15) is 0 Å². The number of furan rings is 1. The fourth-order valence-electron chi connectivity index (χ4n) is 4.24. The molecule has 1 unspecified atom stereocenters. The number of rotatable bonds is 7. The van der Waals surface area contributed by atoms with Crippen molar-refractivity contribution in [1.29, 1.82) is 0 Å². The van der Waals surface area contributed by atoms with Gasteiger partial charge in [-0.1, -0.05) is 44.2 Å². The molecule has 3 aromatic heterocycles. The number of amides is 1. The summed E-state index contributed by atoms with van der Waals surface area (Å²) in [6.07, 6.45) is 5.77. The van der Waals surface area contributed by atoms with Gasteiger partial charge < -0.3 is 14.3 Å². The van der Waals surface area contributed by atoms with Crippen molar-refractivity contribution in [2.45, 2.75) is 39.4 Å². The lowest BCUT2D eigenvalue weighted by Gasteiger charge is -2.23. The Morgan fingerprint density at radius 3 is 2.76 bits per heavy atom. The molecule has 1 amide bonds. The van der Waals surface area contributed by atoms with E-state index in [-0.39, 0.29) is 17.9 Å². The number of hydrogen-bond acceptors (Lipinski definition) is 7. The minimum Gasteiger partial charge on any atom is -0.472 e. The molecule has 8 nitrogen and oxygen atoms in total. The summed E-state index contributed by atoms with van der Waals surface area (Å²) in [5.74, 6) is 1.78. The number of hydrogen-bond donors (Lipinski definition) is 1. The Morgan fingerprint density at radius 1 is 1.15 bits per heavy atom. The zero-order chi connectivity index (χ0) is 23.5. The van der Waals surface area contributed by atoms with E-state index in [1.54, 1.807) is 17.4 Å². The van der Waals surface area contributed by atoms with Crippen molar-refractivity contribution in [3.8, 4) is 10.6 Å². The highest BCUT2D eigenvalue weighted by Gasteiger charge is 2.28. The largest absolute Gasteiger partial charge is 0.472 e. The maximum Gasteiger partial charge on any atom is 0.255 e. The molecule has 0 aliphatic carbocycles. The van der Waals surface area contributed by atoms with Gasteiger partial charge in [-0.05, 0) is 12.0 Å². The second-order valence-corrected chi connectivity index (χ2v) is 9.97. The monoisotopic (exact) mass is 476 g/mol. The van der Waals surface area contributed by atoms with Gasteiger partial charge in [0.2, 0.25) is 0 Å². The molecular weight excluding hydrogens is 448 g/mol. The van der Waals surface area contributed by atoms with E-state index in [4.69, 9.17) is 4.42 Å². The summed E-state index contributed by atoms with van der Waals surface area (Å²) in [6, 6.07) is 11.7. The zero-order valence-corrected chi connectivity index (χ0v) is 20.2. The normalized spacial score (nSPS) is 15.1. The summed E-state index contributed by atoms with van der Waals surface area (Å²) in [5, 5.41) is 13.1. The van der Waals surface area contributed by atoms with Gasteiger partial charge in [-0.3, -0.25) is 9.69 Å². The molecule has 176 valence electrons. The predicted molar refractivity (Wildman–Crippen MR) is 130 cm³/mol. The van der Waals surface area contributed by atoms with Crippen LogP contribution in [0.2, 0.25) is 0 Å². The highest BCUT2D eigenvalue weighted by atomic mass is 32.1. The molecule has 4 aromatic rings. The summed E-state index contributed by atoms with van der Waals surface area (Å²) >= 11 is 1.75. The van der Waals surface area contributed by atoms with Crippen molar-refractivity contribution in [1.82, 2.24) is 30.0 Å². The number of benzene rings is 1. The molecule has 5 rings (SSSR count). The van der Waals surface area contributed by atoms with Crippen LogP contribution in [0, 0.1) is 5.92 Å². The molecule has 1 aliphatic heterocycles. The molecule has 0 saturated carbocycles. The van der Waals surface area contributed by atoms with Crippen LogP contribution in [-0.4, -0.2) is 43.6 Å². The molecule has 1 N–H and O–H groups in total. The van der Waals surface area contributed by atoms with Crippen LogP contribution < -0.4 is 5.32 Å². The molecule has 1 aliphatic rings. The first-order valence-electron chi connectivity index (χ1n) is 11.6. The molecule has 4 heterocycles. The van der Waals surface area contributed by atoms with Crippen LogP contribution in [0.15, 0.2) is 59.5 Å². The molecule has 0 radical (unpaired) electrons. The van der Waals surface area contributed by atoms with E-state index in [2.05, 4.69) is 55.9 Å². The van der Waals surface area contributed by atoms with Crippen molar-refractivity contribution in [2.24, 2.45) is 5.92 Å². The Hall–Kier alpha value is -3.30. The second kappa shape index (κ2) is 9.90. The average molecular weight is 477 g/mol. The summed E-state index contributed by atoms with van der Waals surface area (Å²) in [4.78, 5) is 21.0. The van der Waals surface area contributed by atoms with E-state index in [0.717, 1.165) is 54.8 Å². The lowest BCUT2D eigenvalue weighted by Crippen LogP contribution is -2.34. The van der Waals surface area contributed by atoms with Gasteiger partial charge in [0, 0.05) is 49.2 Å². The Bertz CT molecular complexity index is 1230. The van der Waals surface area contributed by atoms with Gasteiger partial charge in [-0.15, -0.1) is 21.5 Å². The van der Waals surface area contributed by atoms with Crippen LogP contribution >= 0.6 is 11.3 Å². The van der Waals surface area contributed by atoms with Gasteiger partial charge in [0.1, 0.15) is 17.1 Å². The fourth-order valence-corrected chi connectivity index (χ4v) is 5.20. The lowest BCUT2D eigenvalue weighted by atomic mass is 10.0. The molecule has 0 bridgehead atoms. The van der Waals surface area contributed by atoms with Crippen molar-refractivity contribution in [2.75, 3.05) is 13.1 Å². The van der Waals surface area contributed by atoms with Gasteiger partial charge in [0.05, 0.1) is 17.9 Å². The molecule has 0 spiro atoms. The smallest absolute Gasteiger partial charge is 0.255 e. The van der Waals surface area contributed by atoms with Crippen LogP contribution in [0.25, 0.3) is 10.6 Å². The first-order valence-corrected chi connectivity index (χ1v) is 12.4. The SMILES string of the molecule is CC(C)C(NC(=O)c1ccoc1)c1nnc2n1CCN(Cc1cnc(-c3ccccc3)s1)CC2. The van der Waals surface area contributed by atoms with Crippen LogP contribution in [-0.2, 0) is 19.5 Å². The number of carbonyl (C=O) groups is 1. The Balaban J connectivity index is 1.27. The molecule has 34 heavy (non-hydrogen) atoms. The van der Waals surface area contributed by atoms with Crippen LogP contribution in [0.1, 0.15) is 46.8 Å². The molecular formula is C25H28N6O2S. The van der Waals surface area contributed by atoms with Crippen molar-refractivity contribution in [3.63, 3.8) is 0 Å². The third kappa shape index (κ3) is 4.80. The third-order valence-corrected chi connectivity index (χ3v) is 7.15. The first kappa shape index (κ1) is 22.5. The Labute approximate surface area is 202 Å². The number of fused-ring (bicyclic) bond motifs is 1. The standard InChI is InChI=1S/C25H28N6O2S/c1-17(2)22(27-24(32)19-9-13-33-16-19)23-29-28-21-8-10-30(11-12-31(21)23)15-20-14-26-25(34-20)18-6-4-3-5-7-18/h3-7,9,13-14,16-17,22H,8,10-12,15H2,1-2H3,(H,27,32). The van der Waals surface area contributed by atoms with E-state index >= 15 is 0 Å². The summed E-state index contributed by atoms with van der Waals surface area (Å²) in [5.41, 5.74) is 1.66. The van der Waals surface area contributed by atoms with E-state index in [1.165, 1.54) is 17.4 Å². The second-order valence-electron chi connectivity index (χ2n) is 8.86.